The van der Waals surface area contributed by atoms with Gasteiger partial charge in [0.05, 0.1) is 12.3 Å². The SMILES string of the molecule is CCOC(=O)N/N=C(\c1ccccc1)c1ccccn1. The molecule has 0 saturated carbocycles. The Morgan fingerprint density at radius 1 is 1.20 bits per heavy atom. The fourth-order valence-corrected chi connectivity index (χ4v) is 1.63. The average molecular weight is 269 g/mol. The summed E-state index contributed by atoms with van der Waals surface area (Å²) in [6.45, 7) is 2.03. The molecule has 20 heavy (non-hydrogen) atoms. The standard InChI is InChI=1S/C15H15N3O2/c1-2-20-15(19)18-17-14(12-8-4-3-5-9-12)13-10-6-7-11-16-13/h3-11H,2H2,1H3,(H,18,19)/b17-14+. The molecule has 0 fully saturated rings. The van der Waals surface area contributed by atoms with Gasteiger partial charge in [-0.15, -0.1) is 0 Å². The van der Waals surface area contributed by atoms with Crippen molar-refractivity contribution in [2.24, 2.45) is 5.10 Å². The van der Waals surface area contributed by atoms with Crippen LogP contribution in [0.25, 0.3) is 0 Å². The average Bonchev–Trinajstić information content (AvgIpc) is 2.50. The second kappa shape index (κ2) is 7.04. The van der Waals surface area contributed by atoms with Gasteiger partial charge in [0.15, 0.2) is 0 Å². The summed E-state index contributed by atoms with van der Waals surface area (Å²) < 4.78 is 4.79. The summed E-state index contributed by atoms with van der Waals surface area (Å²) in [6, 6.07) is 15.0. The molecule has 0 aliphatic heterocycles. The van der Waals surface area contributed by atoms with Crippen LogP contribution in [-0.4, -0.2) is 23.4 Å². The largest absolute Gasteiger partial charge is 0.449 e. The maximum atomic E-state index is 11.3. The fraction of sp³-hybridized carbons (Fsp3) is 0.133. The maximum Gasteiger partial charge on any atom is 0.427 e. The molecule has 5 heteroatoms. The van der Waals surface area contributed by atoms with E-state index in [1.807, 2.05) is 48.5 Å². The Hall–Kier alpha value is -2.69. The number of rotatable bonds is 4. The monoisotopic (exact) mass is 269 g/mol. The van der Waals surface area contributed by atoms with Crippen LogP contribution in [0, 0.1) is 0 Å². The molecule has 1 heterocycles. The highest BCUT2D eigenvalue weighted by Crippen LogP contribution is 2.08. The van der Waals surface area contributed by atoms with Crippen molar-refractivity contribution in [3.63, 3.8) is 0 Å². The van der Waals surface area contributed by atoms with Crippen LogP contribution < -0.4 is 5.43 Å². The predicted octanol–water partition coefficient (Wildman–Crippen LogP) is 2.58. The summed E-state index contributed by atoms with van der Waals surface area (Å²) in [5.74, 6) is 0. The van der Waals surface area contributed by atoms with Crippen LogP contribution in [0.15, 0.2) is 59.8 Å². The maximum absolute atomic E-state index is 11.3. The minimum Gasteiger partial charge on any atom is -0.449 e. The van der Waals surface area contributed by atoms with Crippen molar-refractivity contribution < 1.29 is 9.53 Å². The van der Waals surface area contributed by atoms with Gasteiger partial charge >= 0.3 is 6.09 Å². The van der Waals surface area contributed by atoms with E-state index in [1.54, 1.807) is 13.1 Å². The van der Waals surface area contributed by atoms with Crippen LogP contribution in [0.3, 0.4) is 0 Å². The first kappa shape index (κ1) is 13.7. The lowest BCUT2D eigenvalue weighted by Crippen LogP contribution is -2.21. The summed E-state index contributed by atoms with van der Waals surface area (Å²) in [5.41, 5.74) is 4.49. The van der Waals surface area contributed by atoms with Gasteiger partial charge in [-0.25, -0.2) is 10.2 Å². The van der Waals surface area contributed by atoms with Crippen LogP contribution in [0.2, 0.25) is 0 Å². The normalized spacial score (nSPS) is 10.9. The van der Waals surface area contributed by atoms with E-state index in [4.69, 9.17) is 4.74 Å². The van der Waals surface area contributed by atoms with E-state index in [2.05, 4.69) is 15.5 Å². The number of pyridine rings is 1. The molecule has 5 nitrogen and oxygen atoms in total. The molecule has 0 bridgehead atoms. The van der Waals surface area contributed by atoms with Gasteiger partial charge in [0.1, 0.15) is 5.71 Å². The molecule has 1 aromatic heterocycles. The molecule has 0 aliphatic carbocycles. The summed E-state index contributed by atoms with van der Waals surface area (Å²) in [4.78, 5) is 15.6. The molecular weight excluding hydrogens is 254 g/mol. The molecule has 1 aromatic carbocycles. The Morgan fingerprint density at radius 3 is 2.60 bits per heavy atom. The van der Waals surface area contributed by atoms with Crippen molar-refractivity contribution in [2.75, 3.05) is 6.61 Å². The predicted molar refractivity (Wildman–Crippen MR) is 76.5 cm³/mol. The van der Waals surface area contributed by atoms with Crippen molar-refractivity contribution >= 4 is 11.8 Å². The summed E-state index contributed by atoms with van der Waals surface area (Å²) in [7, 11) is 0. The number of nitrogens with zero attached hydrogens (tertiary/aromatic N) is 2. The molecule has 0 spiro atoms. The first-order chi connectivity index (χ1) is 9.81. The van der Waals surface area contributed by atoms with E-state index >= 15 is 0 Å². The highest BCUT2D eigenvalue weighted by Gasteiger charge is 2.09. The highest BCUT2D eigenvalue weighted by atomic mass is 16.5. The Balaban J connectivity index is 2.30. The van der Waals surface area contributed by atoms with Crippen LogP contribution in [0.4, 0.5) is 4.79 Å². The lowest BCUT2D eigenvalue weighted by Gasteiger charge is -2.06. The van der Waals surface area contributed by atoms with Crippen molar-refractivity contribution in [3.05, 3.63) is 66.0 Å². The van der Waals surface area contributed by atoms with Gasteiger partial charge in [0.2, 0.25) is 0 Å². The van der Waals surface area contributed by atoms with Gasteiger partial charge in [-0.05, 0) is 19.1 Å². The summed E-state index contributed by atoms with van der Waals surface area (Å²) in [5, 5.41) is 4.11. The van der Waals surface area contributed by atoms with Crippen LogP contribution >= 0.6 is 0 Å². The lowest BCUT2D eigenvalue weighted by molar-refractivity contribution is 0.152. The third kappa shape index (κ3) is 3.65. The van der Waals surface area contributed by atoms with Gasteiger partial charge in [-0.3, -0.25) is 4.98 Å². The molecule has 1 amide bonds. The molecular formula is C15H15N3O2. The van der Waals surface area contributed by atoms with Crippen molar-refractivity contribution in [1.82, 2.24) is 10.4 Å². The zero-order chi connectivity index (χ0) is 14.2. The van der Waals surface area contributed by atoms with Gasteiger partial charge < -0.3 is 4.74 Å². The van der Waals surface area contributed by atoms with E-state index in [-0.39, 0.29) is 0 Å². The van der Waals surface area contributed by atoms with Crippen LogP contribution in [-0.2, 0) is 4.74 Å². The number of benzene rings is 1. The van der Waals surface area contributed by atoms with E-state index in [0.29, 0.717) is 18.0 Å². The summed E-state index contributed by atoms with van der Waals surface area (Å²) in [6.07, 6.45) is 1.09. The van der Waals surface area contributed by atoms with Crippen molar-refractivity contribution in [1.29, 1.82) is 0 Å². The molecule has 0 unspecified atom stereocenters. The molecule has 2 rings (SSSR count). The van der Waals surface area contributed by atoms with E-state index in [1.165, 1.54) is 0 Å². The van der Waals surface area contributed by atoms with Gasteiger partial charge in [-0.1, -0.05) is 36.4 Å². The number of hydrogen-bond acceptors (Lipinski definition) is 4. The molecule has 0 atom stereocenters. The van der Waals surface area contributed by atoms with Gasteiger partial charge in [0.25, 0.3) is 0 Å². The number of hydrazone groups is 1. The number of aromatic nitrogens is 1. The number of carbonyl (C=O) groups is 1. The molecule has 0 radical (unpaired) electrons. The lowest BCUT2D eigenvalue weighted by atomic mass is 10.1. The third-order valence-corrected chi connectivity index (χ3v) is 2.49. The molecule has 2 aromatic rings. The zero-order valence-electron chi connectivity index (χ0n) is 11.1. The van der Waals surface area contributed by atoms with Crippen LogP contribution in [0.1, 0.15) is 18.2 Å². The second-order valence-electron chi connectivity index (χ2n) is 3.87. The van der Waals surface area contributed by atoms with E-state index < -0.39 is 6.09 Å². The molecule has 1 N–H and O–H groups in total. The van der Waals surface area contributed by atoms with E-state index in [0.717, 1.165) is 5.56 Å². The number of carbonyl (C=O) groups excluding carboxylic acids is 1. The third-order valence-electron chi connectivity index (χ3n) is 2.49. The minimum absolute atomic E-state index is 0.297. The first-order valence-electron chi connectivity index (χ1n) is 6.28. The topological polar surface area (TPSA) is 63.6 Å². The zero-order valence-corrected chi connectivity index (χ0v) is 11.1. The van der Waals surface area contributed by atoms with Crippen LogP contribution in [0.5, 0.6) is 0 Å². The first-order valence-corrected chi connectivity index (χ1v) is 6.28. The van der Waals surface area contributed by atoms with Gasteiger partial charge in [0, 0.05) is 11.8 Å². The number of ether oxygens (including phenoxy) is 1. The quantitative estimate of drug-likeness (QED) is 0.685. The number of amides is 1. The second-order valence-corrected chi connectivity index (χ2v) is 3.87. The molecule has 102 valence electrons. The number of hydrogen-bond donors (Lipinski definition) is 1. The Kier molecular flexibility index (Phi) is 4.83. The van der Waals surface area contributed by atoms with Crippen molar-refractivity contribution in [2.45, 2.75) is 6.92 Å². The van der Waals surface area contributed by atoms with Gasteiger partial charge in [-0.2, -0.15) is 5.10 Å². The minimum atomic E-state index is -0.586. The Labute approximate surface area is 117 Å². The fourth-order valence-electron chi connectivity index (χ4n) is 1.63. The highest BCUT2D eigenvalue weighted by molar-refractivity contribution is 6.11. The smallest absolute Gasteiger partial charge is 0.427 e. The van der Waals surface area contributed by atoms with E-state index in [9.17, 15) is 4.79 Å². The summed E-state index contributed by atoms with van der Waals surface area (Å²) >= 11 is 0. The molecule has 0 aliphatic rings. The molecule has 0 saturated heterocycles. The Bertz CT molecular complexity index is 541. The van der Waals surface area contributed by atoms with Crippen molar-refractivity contribution in [3.8, 4) is 0 Å². The number of nitrogens with one attached hydrogen (secondary N) is 1. The Morgan fingerprint density at radius 2 is 1.95 bits per heavy atom.